The number of carbonyl (C=O) groups excluding carboxylic acids is 1. The van der Waals surface area contributed by atoms with Gasteiger partial charge in [0.2, 0.25) is 11.3 Å². The summed E-state index contributed by atoms with van der Waals surface area (Å²) in [5.41, 5.74) is 7.77. The number of allylic oxidation sites excluding steroid dienone is 2. The van der Waals surface area contributed by atoms with E-state index >= 15 is 0 Å². The summed E-state index contributed by atoms with van der Waals surface area (Å²) in [6.07, 6.45) is 3.50. The molecule has 0 saturated carbocycles. The van der Waals surface area contributed by atoms with Crippen LogP contribution in [0.15, 0.2) is 90.5 Å². The number of fused-ring (bicyclic) bond motifs is 3. The standard InChI is InChI=1S/C33H30N4O3S/c1-21-29-16-15-28-30(25-8-6-7-24(17-25)23-13-11-22(12-14-23)20-35-41(39)40)37(2)36-32(28)33(29,18-26(19-34)31(21)38)27-9-4-3-5-10-27/h3-14,17-18,21,29,35H,15-16,20H2,1-2H3,(H,39,40)/t21-,29-,33+/m0/s1. The Hall–Kier alpha value is -4.16. The Morgan fingerprint density at radius 3 is 2.51 bits per heavy atom. The van der Waals surface area contributed by atoms with Crippen LogP contribution in [0.3, 0.4) is 0 Å². The number of nitriles is 1. The van der Waals surface area contributed by atoms with Gasteiger partial charge in [-0.05, 0) is 53.2 Å². The highest BCUT2D eigenvalue weighted by Crippen LogP contribution is 2.54. The quantitative estimate of drug-likeness (QED) is 0.302. The van der Waals surface area contributed by atoms with Crippen LogP contribution >= 0.6 is 0 Å². The number of nitrogens with one attached hydrogen (secondary N) is 1. The van der Waals surface area contributed by atoms with Gasteiger partial charge >= 0.3 is 0 Å². The number of aryl methyl sites for hydroxylation is 1. The van der Waals surface area contributed by atoms with Crippen LogP contribution in [-0.2, 0) is 41.5 Å². The van der Waals surface area contributed by atoms with Crippen LogP contribution < -0.4 is 4.72 Å². The van der Waals surface area contributed by atoms with Crippen molar-refractivity contribution in [2.24, 2.45) is 18.9 Å². The van der Waals surface area contributed by atoms with E-state index in [0.29, 0.717) is 6.54 Å². The molecule has 1 aromatic heterocycles. The maximum absolute atomic E-state index is 13.1. The summed E-state index contributed by atoms with van der Waals surface area (Å²) in [4.78, 5) is 13.1. The number of benzene rings is 3. The fourth-order valence-electron chi connectivity index (χ4n) is 6.79. The van der Waals surface area contributed by atoms with E-state index in [0.717, 1.165) is 57.6 Å². The van der Waals surface area contributed by atoms with Gasteiger partial charge in [-0.25, -0.2) is 8.93 Å². The van der Waals surface area contributed by atoms with Gasteiger partial charge < -0.3 is 0 Å². The molecule has 2 N–H and O–H groups in total. The third-order valence-corrected chi connectivity index (χ3v) is 9.07. The SMILES string of the molecule is C[C@@H]1C(=O)C(C#N)=C[C@]2(c3ccccc3)c3nn(C)c(-c4cccc(-c5ccc(CNS(=O)O)cc5)c4)c3CC[C@@H]12. The average Bonchev–Trinajstić information content (AvgIpc) is 3.35. The van der Waals surface area contributed by atoms with E-state index in [1.165, 1.54) is 0 Å². The van der Waals surface area contributed by atoms with Gasteiger partial charge in [-0.3, -0.25) is 14.0 Å². The van der Waals surface area contributed by atoms with Gasteiger partial charge in [-0.1, -0.05) is 79.7 Å². The topological polar surface area (TPSA) is 108 Å². The van der Waals surface area contributed by atoms with Gasteiger partial charge in [-0.2, -0.15) is 10.4 Å². The van der Waals surface area contributed by atoms with E-state index in [2.05, 4.69) is 41.1 Å². The largest absolute Gasteiger partial charge is 0.294 e. The molecule has 0 aliphatic heterocycles. The molecule has 7 nitrogen and oxygen atoms in total. The molecule has 0 fully saturated rings. The second kappa shape index (κ2) is 10.7. The average molecular weight is 563 g/mol. The monoisotopic (exact) mass is 562 g/mol. The van der Waals surface area contributed by atoms with Crippen molar-refractivity contribution in [2.45, 2.75) is 31.7 Å². The fraction of sp³-hybridized carbons (Fsp3) is 0.242. The van der Waals surface area contributed by atoms with Crippen LogP contribution in [0.5, 0.6) is 0 Å². The maximum atomic E-state index is 13.1. The Bertz CT molecular complexity index is 1740. The normalized spacial score (nSPS) is 22.3. The lowest BCUT2D eigenvalue weighted by molar-refractivity contribution is -0.121. The number of aromatic nitrogens is 2. The predicted molar refractivity (Wildman–Crippen MR) is 159 cm³/mol. The molecule has 0 radical (unpaired) electrons. The summed E-state index contributed by atoms with van der Waals surface area (Å²) < 4.78 is 24.4. The Labute approximate surface area is 242 Å². The lowest BCUT2D eigenvalue weighted by Gasteiger charge is -2.47. The van der Waals surface area contributed by atoms with Crippen molar-refractivity contribution in [3.05, 3.63) is 113 Å². The number of carbonyl (C=O) groups is 1. The highest BCUT2D eigenvalue weighted by Gasteiger charge is 2.54. The lowest BCUT2D eigenvalue weighted by Crippen LogP contribution is -2.48. The number of nitrogens with zero attached hydrogens (tertiary/aromatic N) is 3. The Balaban J connectivity index is 1.47. The predicted octanol–water partition coefficient (Wildman–Crippen LogP) is 5.50. The fourth-order valence-corrected chi connectivity index (χ4v) is 7.08. The summed E-state index contributed by atoms with van der Waals surface area (Å²) in [7, 11) is 1.97. The first-order valence-corrected chi connectivity index (χ1v) is 14.8. The number of hydrogen-bond acceptors (Lipinski definition) is 4. The Morgan fingerprint density at radius 1 is 1.07 bits per heavy atom. The first-order valence-electron chi connectivity index (χ1n) is 13.7. The first-order chi connectivity index (χ1) is 19.8. The third-order valence-electron chi connectivity index (χ3n) is 8.68. The molecule has 0 bridgehead atoms. The molecule has 1 heterocycles. The van der Waals surface area contributed by atoms with Gasteiger partial charge in [0.15, 0.2) is 5.78 Å². The van der Waals surface area contributed by atoms with E-state index in [-0.39, 0.29) is 23.2 Å². The summed E-state index contributed by atoms with van der Waals surface area (Å²) in [6.45, 7) is 2.26. The second-order valence-electron chi connectivity index (χ2n) is 10.9. The smallest absolute Gasteiger partial charge is 0.232 e. The summed E-state index contributed by atoms with van der Waals surface area (Å²) in [5.74, 6) is -0.359. The van der Waals surface area contributed by atoms with Crippen molar-refractivity contribution in [2.75, 3.05) is 0 Å². The van der Waals surface area contributed by atoms with Crippen molar-refractivity contribution >= 4 is 17.0 Å². The van der Waals surface area contributed by atoms with Gasteiger partial charge in [0.25, 0.3) is 0 Å². The summed E-state index contributed by atoms with van der Waals surface area (Å²) in [5, 5.41) is 15.1. The minimum absolute atomic E-state index is 0.00680. The molecule has 3 aromatic carbocycles. The van der Waals surface area contributed by atoms with Crippen molar-refractivity contribution < 1.29 is 13.6 Å². The minimum Gasteiger partial charge on any atom is -0.294 e. The van der Waals surface area contributed by atoms with Crippen LogP contribution in [0.25, 0.3) is 22.4 Å². The molecule has 2 aliphatic carbocycles. The maximum Gasteiger partial charge on any atom is 0.232 e. The van der Waals surface area contributed by atoms with Crippen molar-refractivity contribution in [3.63, 3.8) is 0 Å². The van der Waals surface area contributed by atoms with Crippen LogP contribution in [0.2, 0.25) is 0 Å². The van der Waals surface area contributed by atoms with Gasteiger partial charge in [0.05, 0.1) is 22.4 Å². The molecular formula is C33H30N4O3S. The molecule has 41 heavy (non-hydrogen) atoms. The summed E-state index contributed by atoms with van der Waals surface area (Å²) in [6, 6.07) is 28.6. The molecule has 2 aliphatic rings. The molecular weight excluding hydrogens is 532 g/mol. The Kier molecular flexibility index (Phi) is 7.04. The van der Waals surface area contributed by atoms with Crippen LogP contribution in [0.1, 0.15) is 35.7 Å². The molecule has 0 saturated heterocycles. The number of ketones is 1. The van der Waals surface area contributed by atoms with Crippen molar-refractivity contribution in [3.8, 4) is 28.5 Å². The second-order valence-corrected chi connectivity index (χ2v) is 11.6. The molecule has 0 spiro atoms. The lowest BCUT2D eigenvalue weighted by atomic mass is 9.54. The van der Waals surface area contributed by atoms with E-state index in [1.807, 2.05) is 73.3 Å². The molecule has 0 amide bonds. The molecule has 4 aromatic rings. The zero-order valence-electron chi connectivity index (χ0n) is 22.9. The van der Waals surface area contributed by atoms with Crippen molar-refractivity contribution in [1.29, 1.82) is 5.26 Å². The van der Waals surface area contributed by atoms with E-state index < -0.39 is 16.7 Å². The molecule has 8 heteroatoms. The molecule has 206 valence electrons. The van der Waals surface area contributed by atoms with Crippen LogP contribution in [0, 0.1) is 23.2 Å². The summed E-state index contributed by atoms with van der Waals surface area (Å²) >= 11 is -2.05. The highest BCUT2D eigenvalue weighted by molar-refractivity contribution is 7.77. The minimum atomic E-state index is -2.05. The van der Waals surface area contributed by atoms with Crippen LogP contribution in [-0.4, -0.2) is 24.3 Å². The molecule has 6 rings (SSSR count). The number of Topliss-reactive ketones (excluding diaryl/α,β-unsaturated/α-hetero) is 1. The van der Waals surface area contributed by atoms with E-state index in [1.54, 1.807) is 0 Å². The third kappa shape index (κ3) is 4.56. The van der Waals surface area contributed by atoms with Gasteiger partial charge in [-0.15, -0.1) is 0 Å². The van der Waals surface area contributed by atoms with Crippen LogP contribution in [0.4, 0.5) is 0 Å². The highest BCUT2D eigenvalue weighted by atomic mass is 32.2. The van der Waals surface area contributed by atoms with E-state index in [9.17, 15) is 14.3 Å². The number of hydrogen-bond donors (Lipinski definition) is 2. The van der Waals surface area contributed by atoms with Gasteiger partial charge in [0.1, 0.15) is 6.07 Å². The molecule has 1 unspecified atom stereocenters. The van der Waals surface area contributed by atoms with Gasteiger partial charge in [0, 0.05) is 30.6 Å². The van der Waals surface area contributed by atoms with Crippen molar-refractivity contribution in [1.82, 2.24) is 14.5 Å². The number of rotatable bonds is 6. The zero-order chi connectivity index (χ0) is 28.7. The first kappa shape index (κ1) is 27.0. The van der Waals surface area contributed by atoms with E-state index in [4.69, 9.17) is 9.65 Å². The Morgan fingerprint density at radius 2 is 1.80 bits per heavy atom. The molecule has 4 atom stereocenters. The zero-order valence-corrected chi connectivity index (χ0v) is 23.7.